The molecule has 1 aromatic heterocycles. The molecule has 3 rings (SSSR count). The fourth-order valence-electron chi connectivity index (χ4n) is 3.25. The van der Waals surface area contributed by atoms with Crippen molar-refractivity contribution in [2.24, 2.45) is 0 Å². The molecule has 2 heterocycles. The van der Waals surface area contributed by atoms with Gasteiger partial charge in [-0.05, 0) is 38.8 Å². The first kappa shape index (κ1) is 15.6. The van der Waals surface area contributed by atoms with Crippen molar-refractivity contribution >= 4 is 11.7 Å². The van der Waals surface area contributed by atoms with Gasteiger partial charge in [-0.25, -0.2) is 4.79 Å². The van der Waals surface area contributed by atoms with Gasteiger partial charge in [0.25, 0.3) is 0 Å². The molecular formula is C18H23N3O2. The van der Waals surface area contributed by atoms with E-state index < -0.39 is 0 Å². The number of nitrogens with zero attached hydrogens (tertiary/aromatic N) is 2. The first-order valence-electron chi connectivity index (χ1n) is 8.19. The lowest BCUT2D eigenvalue weighted by atomic mass is 10.0. The van der Waals surface area contributed by atoms with Gasteiger partial charge in [-0.2, -0.15) is 0 Å². The summed E-state index contributed by atoms with van der Waals surface area (Å²) in [6, 6.07) is 7.86. The fraction of sp³-hybridized carbons (Fsp3) is 0.444. The van der Waals surface area contributed by atoms with Crippen molar-refractivity contribution in [1.82, 2.24) is 10.1 Å². The summed E-state index contributed by atoms with van der Waals surface area (Å²) < 4.78 is 5.41. The van der Waals surface area contributed by atoms with E-state index in [2.05, 4.69) is 17.4 Å². The van der Waals surface area contributed by atoms with E-state index in [1.165, 1.54) is 5.56 Å². The van der Waals surface area contributed by atoms with Crippen LogP contribution in [0.5, 0.6) is 0 Å². The number of carbonyl (C=O) groups excluding carboxylic acids is 1. The molecule has 23 heavy (non-hydrogen) atoms. The molecule has 1 aliphatic heterocycles. The summed E-state index contributed by atoms with van der Waals surface area (Å²) >= 11 is 0. The normalized spacial score (nSPS) is 17.5. The van der Waals surface area contributed by atoms with Crippen molar-refractivity contribution in [3.05, 3.63) is 46.8 Å². The van der Waals surface area contributed by atoms with Gasteiger partial charge in [-0.3, -0.25) is 0 Å². The van der Waals surface area contributed by atoms with Crippen LogP contribution in [0, 0.1) is 13.8 Å². The van der Waals surface area contributed by atoms with E-state index in [-0.39, 0.29) is 12.1 Å². The summed E-state index contributed by atoms with van der Waals surface area (Å²) in [5, 5.41) is 7.08. The number of anilines is 1. The maximum Gasteiger partial charge on any atom is 0.322 e. The van der Waals surface area contributed by atoms with E-state index in [1.807, 2.05) is 43.0 Å². The zero-order chi connectivity index (χ0) is 16.4. The Morgan fingerprint density at radius 3 is 2.78 bits per heavy atom. The fourth-order valence-corrected chi connectivity index (χ4v) is 3.25. The Hall–Kier alpha value is -2.30. The number of aryl methyl sites for hydroxylation is 3. The average Bonchev–Trinajstić information content (AvgIpc) is 3.15. The topological polar surface area (TPSA) is 58.4 Å². The van der Waals surface area contributed by atoms with Crippen LogP contribution in [0.1, 0.15) is 48.4 Å². The van der Waals surface area contributed by atoms with Crippen molar-refractivity contribution < 1.29 is 9.32 Å². The summed E-state index contributed by atoms with van der Waals surface area (Å²) in [6.07, 6.45) is 2.75. The zero-order valence-corrected chi connectivity index (χ0v) is 13.9. The Morgan fingerprint density at radius 2 is 2.09 bits per heavy atom. The smallest absolute Gasteiger partial charge is 0.322 e. The summed E-state index contributed by atoms with van der Waals surface area (Å²) in [6.45, 7) is 6.79. The van der Waals surface area contributed by atoms with Crippen LogP contribution in [0.4, 0.5) is 10.5 Å². The number of hydrogen-bond donors (Lipinski definition) is 1. The second-order valence-electron chi connectivity index (χ2n) is 6.11. The Labute approximate surface area is 136 Å². The van der Waals surface area contributed by atoms with E-state index in [0.29, 0.717) is 0 Å². The minimum absolute atomic E-state index is 0.0565. The highest BCUT2D eigenvalue weighted by Gasteiger charge is 2.34. The third-order valence-electron chi connectivity index (χ3n) is 4.45. The standard InChI is InChI=1S/C18H23N3O2/c1-4-16-17(13(3)20-23-16)15-6-5-11-21(15)18(22)19-14-9-7-12(2)8-10-14/h7-10,15H,4-6,11H2,1-3H3,(H,19,22)/t15-/m1/s1. The van der Waals surface area contributed by atoms with Gasteiger partial charge < -0.3 is 14.7 Å². The number of aromatic nitrogens is 1. The van der Waals surface area contributed by atoms with Crippen LogP contribution in [0.25, 0.3) is 0 Å². The lowest BCUT2D eigenvalue weighted by molar-refractivity contribution is 0.206. The Morgan fingerprint density at radius 1 is 1.35 bits per heavy atom. The minimum atomic E-state index is -0.0565. The molecule has 5 heteroatoms. The van der Waals surface area contributed by atoms with E-state index in [9.17, 15) is 4.79 Å². The number of hydrogen-bond acceptors (Lipinski definition) is 3. The van der Waals surface area contributed by atoms with E-state index in [0.717, 1.165) is 48.5 Å². The van der Waals surface area contributed by atoms with Crippen molar-refractivity contribution in [3.8, 4) is 0 Å². The zero-order valence-electron chi connectivity index (χ0n) is 13.9. The van der Waals surface area contributed by atoms with Gasteiger partial charge in [-0.15, -0.1) is 0 Å². The largest absolute Gasteiger partial charge is 0.361 e. The number of rotatable bonds is 3. The number of likely N-dealkylation sites (tertiary alicyclic amines) is 1. The van der Waals surface area contributed by atoms with Crippen LogP contribution in [-0.4, -0.2) is 22.6 Å². The second-order valence-corrected chi connectivity index (χ2v) is 6.11. The highest BCUT2D eigenvalue weighted by Crippen LogP contribution is 2.36. The average molecular weight is 313 g/mol. The predicted molar refractivity (Wildman–Crippen MR) is 89.5 cm³/mol. The van der Waals surface area contributed by atoms with Gasteiger partial charge in [0.2, 0.25) is 0 Å². The second kappa shape index (κ2) is 6.44. The molecule has 2 aromatic rings. The highest BCUT2D eigenvalue weighted by atomic mass is 16.5. The SMILES string of the molecule is CCc1onc(C)c1[C@H]1CCCN1C(=O)Nc1ccc(C)cc1. The molecule has 1 atom stereocenters. The minimum Gasteiger partial charge on any atom is -0.361 e. The molecule has 0 unspecified atom stereocenters. The van der Waals surface area contributed by atoms with Crippen LogP contribution in [0.2, 0.25) is 0 Å². The monoisotopic (exact) mass is 313 g/mol. The molecule has 0 saturated carbocycles. The Balaban J connectivity index is 1.79. The lowest BCUT2D eigenvalue weighted by Crippen LogP contribution is -2.34. The van der Waals surface area contributed by atoms with Crippen LogP contribution in [0.3, 0.4) is 0 Å². The first-order valence-corrected chi connectivity index (χ1v) is 8.19. The molecule has 1 fully saturated rings. The van der Waals surface area contributed by atoms with Gasteiger partial charge in [0.15, 0.2) is 0 Å². The van der Waals surface area contributed by atoms with E-state index in [1.54, 1.807) is 0 Å². The molecule has 1 aliphatic rings. The molecule has 1 aromatic carbocycles. The van der Waals surface area contributed by atoms with Gasteiger partial charge in [0.1, 0.15) is 5.76 Å². The molecule has 0 spiro atoms. The third-order valence-corrected chi connectivity index (χ3v) is 4.45. The summed E-state index contributed by atoms with van der Waals surface area (Å²) in [5.74, 6) is 0.891. The van der Waals surface area contributed by atoms with Crippen molar-refractivity contribution in [2.45, 2.75) is 46.1 Å². The van der Waals surface area contributed by atoms with Crippen LogP contribution in [0.15, 0.2) is 28.8 Å². The number of amides is 2. The molecule has 0 bridgehead atoms. The van der Waals surface area contributed by atoms with E-state index in [4.69, 9.17) is 4.52 Å². The highest BCUT2D eigenvalue weighted by molar-refractivity contribution is 5.89. The first-order chi connectivity index (χ1) is 11.1. The van der Waals surface area contributed by atoms with Gasteiger partial charge in [-0.1, -0.05) is 29.8 Å². The van der Waals surface area contributed by atoms with Gasteiger partial charge in [0, 0.05) is 24.2 Å². The summed E-state index contributed by atoms with van der Waals surface area (Å²) in [7, 11) is 0. The molecule has 0 aliphatic carbocycles. The number of benzene rings is 1. The van der Waals surface area contributed by atoms with E-state index >= 15 is 0 Å². The molecule has 1 saturated heterocycles. The van der Waals surface area contributed by atoms with Crippen LogP contribution in [-0.2, 0) is 6.42 Å². The Bertz CT molecular complexity index is 691. The molecule has 122 valence electrons. The van der Waals surface area contributed by atoms with Crippen LogP contribution < -0.4 is 5.32 Å². The van der Waals surface area contributed by atoms with Gasteiger partial charge in [0.05, 0.1) is 11.7 Å². The molecule has 1 N–H and O–H groups in total. The number of nitrogens with one attached hydrogen (secondary N) is 1. The maximum atomic E-state index is 12.7. The van der Waals surface area contributed by atoms with Gasteiger partial charge >= 0.3 is 6.03 Å². The van der Waals surface area contributed by atoms with Crippen molar-refractivity contribution in [2.75, 3.05) is 11.9 Å². The molecule has 5 nitrogen and oxygen atoms in total. The predicted octanol–water partition coefficient (Wildman–Crippen LogP) is 4.22. The third kappa shape index (κ3) is 3.09. The summed E-state index contributed by atoms with van der Waals surface area (Å²) in [5.41, 5.74) is 3.98. The lowest BCUT2D eigenvalue weighted by Gasteiger charge is -2.25. The summed E-state index contributed by atoms with van der Waals surface area (Å²) in [4.78, 5) is 14.6. The Kier molecular flexibility index (Phi) is 4.37. The van der Waals surface area contributed by atoms with Crippen LogP contribution >= 0.6 is 0 Å². The quantitative estimate of drug-likeness (QED) is 0.923. The van der Waals surface area contributed by atoms with Crippen molar-refractivity contribution in [3.63, 3.8) is 0 Å². The number of carbonyl (C=O) groups is 1. The molecular weight excluding hydrogens is 290 g/mol. The molecule has 2 amide bonds. The van der Waals surface area contributed by atoms with Crippen molar-refractivity contribution in [1.29, 1.82) is 0 Å². The maximum absolute atomic E-state index is 12.7. The molecule has 0 radical (unpaired) electrons. The number of urea groups is 1.